The van der Waals surface area contributed by atoms with Crippen molar-refractivity contribution in [3.8, 4) is 18.0 Å². The monoisotopic (exact) mass is 276 g/mol. The molecular formula is C13H16N4O3. The fourth-order valence-corrected chi connectivity index (χ4v) is 1.58. The number of methoxy groups -OCH3 is 2. The first-order valence-corrected chi connectivity index (χ1v) is 6.03. The third kappa shape index (κ3) is 3.47. The van der Waals surface area contributed by atoms with Crippen molar-refractivity contribution in [1.82, 2.24) is 15.0 Å². The maximum atomic E-state index is 5.85. The number of nitrogen functional groups attached to an aromatic ring is 1. The van der Waals surface area contributed by atoms with Gasteiger partial charge in [-0.15, -0.1) is 15.0 Å². The summed E-state index contributed by atoms with van der Waals surface area (Å²) in [6, 6.07) is 8.07. The number of nitrogens with zero attached hydrogens (tertiary/aromatic N) is 3. The van der Waals surface area contributed by atoms with Gasteiger partial charge in [-0.1, -0.05) is 18.2 Å². The molecule has 1 aromatic heterocycles. The van der Waals surface area contributed by atoms with Crippen molar-refractivity contribution in [2.75, 3.05) is 26.6 Å². The van der Waals surface area contributed by atoms with Crippen molar-refractivity contribution in [3.05, 3.63) is 29.8 Å². The molecule has 0 fully saturated rings. The molecule has 7 heteroatoms. The third-order valence-electron chi connectivity index (χ3n) is 2.60. The fraction of sp³-hybridized carbons (Fsp3) is 0.308. The van der Waals surface area contributed by atoms with Gasteiger partial charge in [0.05, 0.1) is 20.8 Å². The number of anilines is 1. The molecule has 20 heavy (non-hydrogen) atoms. The Bertz CT molecular complexity index is 555. The average Bonchev–Trinajstić information content (AvgIpc) is 2.48. The molecule has 1 aromatic carbocycles. The number of para-hydroxylation sites is 1. The molecule has 2 aromatic rings. The van der Waals surface area contributed by atoms with Crippen LogP contribution in [0.15, 0.2) is 24.3 Å². The Kier molecular flexibility index (Phi) is 4.54. The van der Waals surface area contributed by atoms with Crippen LogP contribution in [0.25, 0.3) is 0 Å². The highest BCUT2D eigenvalue weighted by Gasteiger charge is 2.08. The van der Waals surface area contributed by atoms with Gasteiger partial charge in [0, 0.05) is 12.1 Å². The van der Waals surface area contributed by atoms with E-state index in [1.165, 1.54) is 14.2 Å². The molecule has 0 radical (unpaired) electrons. The van der Waals surface area contributed by atoms with Crippen molar-refractivity contribution < 1.29 is 14.2 Å². The summed E-state index contributed by atoms with van der Waals surface area (Å²) in [4.78, 5) is 11.8. The normalized spacial score (nSPS) is 10.1. The lowest BCUT2D eigenvalue weighted by atomic mass is 10.1. The van der Waals surface area contributed by atoms with E-state index in [1.807, 2.05) is 24.3 Å². The van der Waals surface area contributed by atoms with E-state index in [9.17, 15) is 0 Å². The Morgan fingerprint density at radius 2 is 1.55 bits per heavy atom. The highest BCUT2D eigenvalue weighted by Crippen LogP contribution is 2.15. The molecule has 1 heterocycles. The summed E-state index contributed by atoms with van der Waals surface area (Å²) in [6.07, 6.45) is 0.656. The predicted octanol–water partition coefficient (Wildman–Crippen LogP) is 1.09. The van der Waals surface area contributed by atoms with Crippen molar-refractivity contribution in [2.24, 2.45) is 0 Å². The Morgan fingerprint density at radius 3 is 2.15 bits per heavy atom. The molecule has 2 N–H and O–H groups in total. The molecule has 0 atom stereocenters. The van der Waals surface area contributed by atoms with Gasteiger partial charge in [-0.25, -0.2) is 0 Å². The van der Waals surface area contributed by atoms with Gasteiger partial charge < -0.3 is 19.9 Å². The minimum atomic E-state index is 0.145. The summed E-state index contributed by atoms with van der Waals surface area (Å²) in [5.74, 6) is 0. The Hall–Kier alpha value is -2.57. The van der Waals surface area contributed by atoms with E-state index >= 15 is 0 Å². The zero-order chi connectivity index (χ0) is 14.4. The van der Waals surface area contributed by atoms with E-state index < -0.39 is 0 Å². The summed E-state index contributed by atoms with van der Waals surface area (Å²) >= 11 is 0. The van der Waals surface area contributed by atoms with E-state index in [0.29, 0.717) is 13.0 Å². The second kappa shape index (κ2) is 6.55. The van der Waals surface area contributed by atoms with Gasteiger partial charge in [-0.2, -0.15) is 0 Å². The van der Waals surface area contributed by atoms with E-state index in [-0.39, 0.29) is 18.0 Å². The first-order valence-electron chi connectivity index (χ1n) is 6.03. The summed E-state index contributed by atoms with van der Waals surface area (Å²) < 4.78 is 15.3. The lowest BCUT2D eigenvalue weighted by Crippen LogP contribution is -2.08. The number of rotatable bonds is 6. The quantitative estimate of drug-likeness (QED) is 0.789. The summed E-state index contributed by atoms with van der Waals surface area (Å²) in [7, 11) is 2.92. The van der Waals surface area contributed by atoms with Crippen LogP contribution < -0.4 is 19.9 Å². The molecule has 0 aliphatic heterocycles. The lowest BCUT2D eigenvalue weighted by Gasteiger charge is -2.08. The second-order valence-corrected chi connectivity index (χ2v) is 3.89. The SMILES string of the molecule is COc1nc(OC)nc(OCCc2ccccc2N)n1. The van der Waals surface area contributed by atoms with E-state index in [4.69, 9.17) is 19.9 Å². The van der Waals surface area contributed by atoms with Gasteiger partial charge in [0.25, 0.3) is 0 Å². The van der Waals surface area contributed by atoms with Crippen LogP contribution in [-0.2, 0) is 6.42 Å². The van der Waals surface area contributed by atoms with Crippen molar-refractivity contribution in [1.29, 1.82) is 0 Å². The van der Waals surface area contributed by atoms with Crippen molar-refractivity contribution >= 4 is 5.69 Å². The summed E-state index contributed by atoms with van der Waals surface area (Å²) in [5, 5.41) is 0. The molecule has 0 aliphatic rings. The summed E-state index contributed by atoms with van der Waals surface area (Å²) in [6.45, 7) is 0.393. The van der Waals surface area contributed by atoms with Gasteiger partial charge in [0.2, 0.25) is 0 Å². The number of nitrogens with two attached hydrogens (primary N) is 1. The molecule has 7 nitrogen and oxygen atoms in total. The summed E-state index contributed by atoms with van der Waals surface area (Å²) in [5.41, 5.74) is 7.61. The molecule has 0 aliphatic carbocycles. The standard InChI is InChI=1S/C13H16N4O3/c1-18-11-15-12(19-2)17-13(16-11)20-8-7-9-5-3-4-6-10(9)14/h3-6H,7-8,14H2,1-2H3. The van der Waals surface area contributed by atoms with E-state index in [1.54, 1.807) is 0 Å². The van der Waals surface area contributed by atoms with Gasteiger partial charge in [-0.3, -0.25) is 0 Å². The number of hydrogen-bond donors (Lipinski definition) is 1. The van der Waals surface area contributed by atoms with Crippen LogP contribution >= 0.6 is 0 Å². The predicted molar refractivity (Wildman–Crippen MR) is 73.0 cm³/mol. The van der Waals surface area contributed by atoms with E-state index in [0.717, 1.165) is 11.3 Å². The lowest BCUT2D eigenvalue weighted by molar-refractivity contribution is 0.269. The molecule has 0 spiro atoms. The first kappa shape index (κ1) is 13.9. The Balaban J connectivity index is 1.99. The van der Waals surface area contributed by atoms with Crippen LogP contribution in [0, 0.1) is 0 Å². The van der Waals surface area contributed by atoms with Gasteiger partial charge in [0.15, 0.2) is 0 Å². The molecule has 0 bridgehead atoms. The molecule has 0 unspecified atom stereocenters. The minimum Gasteiger partial charge on any atom is -0.467 e. The van der Waals surface area contributed by atoms with E-state index in [2.05, 4.69) is 15.0 Å². The van der Waals surface area contributed by atoms with Crippen molar-refractivity contribution in [3.63, 3.8) is 0 Å². The Labute approximate surface area is 116 Å². The first-order chi connectivity index (χ1) is 9.72. The maximum Gasteiger partial charge on any atom is 0.325 e. The maximum absolute atomic E-state index is 5.85. The second-order valence-electron chi connectivity index (χ2n) is 3.89. The highest BCUT2D eigenvalue weighted by atomic mass is 16.5. The zero-order valence-corrected chi connectivity index (χ0v) is 11.4. The molecule has 0 amide bonds. The number of hydrogen-bond acceptors (Lipinski definition) is 7. The molecule has 0 saturated heterocycles. The van der Waals surface area contributed by atoms with Crippen molar-refractivity contribution in [2.45, 2.75) is 6.42 Å². The van der Waals surface area contributed by atoms with Crippen LogP contribution in [0.5, 0.6) is 18.0 Å². The molecular weight excluding hydrogens is 260 g/mol. The number of benzene rings is 1. The minimum absolute atomic E-state index is 0.145. The molecule has 0 saturated carbocycles. The van der Waals surface area contributed by atoms with Gasteiger partial charge in [0.1, 0.15) is 0 Å². The average molecular weight is 276 g/mol. The smallest absolute Gasteiger partial charge is 0.325 e. The molecule has 2 rings (SSSR count). The van der Waals surface area contributed by atoms with Gasteiger partial charge in [-0.05, 0) is 11.6 Å². The number of ether oxygens (including phenoxy) is 3. The van der Waals surface area contributed by atoms with Crippen LogP contribution in [0.1, 0.15) is 5.56 Å². The largest absolute Gasteiger partial charge is 0.467 e. The van der Waals surface area contributed by atoms with Crippen LogP contribution in [0.3, 0.4) is 0 Å². The van der Waals surface area contributed by atoms with Gasteiger partial charge >= 0.3 is 18.0 Å². The van der Waals surface area contributed by atoms with Crippen LogP contribution in [0.4, 0.5) is 5.69 Å². The molecule has 106 valence electrons. The topological polar surface area (TPSA) is 92.4 Å². The Morgan fingerprint density at radius 1 is 0.950 bits per heavy atom. The van der Waals surface area contributed by atoms with Crippen LogP contribution in [0.2, 0.25) is 0 Å². The highest BCUT2D eigenvalue weighted by molar-refractivity contribution is 5.46. The fourth-order valence-electron chi connectivity index (χ4n) is 1.58. The zero-order valence-electron chi connectivity index (χ0n) is 11.4. The third-order valence-corrected chi connectivity index (χ3v) is 2.60. The van der Waals surface area contributed by atoms with Crippen LogP contribution in [-0.4, -0.2) is 35.8 Å². The number of aromatic nitrogens is 3.